The maximum Gasteiger partial charge on any atom is 0.419 e. The van der Waals surface area contributed by atoms with Crippen LogP contribution in [0.2, 0.25) is 0 Å². The predicted molar refractivity (Wildman–Crippen MR) is 117 cm³/mol. The molecule has 2 N–H and O–H groups in total. The second kappa shape index (κ2) is 10.4. The number of halogens is 6. The Bertz CT molecular complexity index is 1030. The van der Waals surface area contributed by atoms with Gasteiger partial charge in [-0.1, -0.05) is 0 Å². The predicted octanol–water partition coefficient (Wildman–Crippen LogP) is 3.21. The molecule has 4 heterocycles. The van der Waals surface area contributed by atoms with Crippen molar-refractivity contribution >= 4 is 16.9 Å². The normalized spacial score (nSPS) is 21.7. The van der Waals surface area contributed by atoms with E-state index in [0.29, 0.717) is 43.4 Å². The number of piperidine rings is 2. The van der Waals surface area contributed by atoms with Gasteiger partial charge in [-0.15, -0.1) is 0 Å². The number of rotatable bonds is 6. The summed E-state index contributed by atoms with van der Waals surface area (Å²) < 4.78 is 93.7. The molecule has 2 saturated heterocycles. The van der Waals surface area contributed by atoms with Crippen LogP contribution in [-0.4, -0.2) is 71.9 Å². The van der Waals surface area contributed by atoms with Crippen LogP contribution < -0.4 is 10.6 Å². The fourth-order valence-electron chi connectivity index (χ4n) is 4.20. The summed E-state index contributed by atoms with van der Waals surface area (Å²) in [6.45, 7) is 1.32. The van der Waals surface area contributed by atoms with Crippen LogP contribution in [0.5, 0.6) is 0 Å². The summed E-state index contributed by atoms with van der Waals surface area (Å²) in [5.74, 6) is -0.0624. The molecule has 35 heavy (non-hydrogen) atoms. The first-order valence-corrected chi connectivity index (χ1v) is 12.3. The van der Waals surface area contributed by atoms with Gasteiger partial charge in [-0.3, -0.25) is 4.68 Å². The number of anilines is 1. The molecule has 2 aliphatic rings. The number of alkyl halides is 6. The summed E-state index contributed by atoms with van der Waals surface area (Å²) >= 11 is 0. The Morgan fingerprint density at radius 1 is 1.11 bits per heavy atom. The van der Waals surface area contributed by atoms with Crippen molar-refractivity contribution in [1.82, 2.24) is 29.4 Å². The summed E-state index contributed by atoms with van der Waals surface area (Å²) in [5, 5.41) is 9.87. The Labute approximate surface area is 200 Å². The van der Waals surface area contributed by atoms with E-state index >= 15 is 0 Å². The van der Waals surface area contributed by atoms with E-state index in [1.54, 1.807) is 0 Å². The maximum absolute atomic E-state index is 13.5. The summed E-state index contributed by atoms with van der Waals surface area (Å²) in [7, 11) is -1.10. The lowest BCUT2D eigenvalue weighted by Crippen LogP contribution is -2.46. The molecule has 0 aromatic carbocycles. The zero-order chi connectivity index (χ0) is 25.2. The van der Waals surface area contributed by atoms with Gasteiger partial charge < -0.3 is 10.6 Å². The van der Waals surface area contributed by atoms with Gasteiger partial charge in [0.05, 0.1) is 28.1 Å². The minimum Gasteiger partial charge on any atom is -0.351 e. The molecule has 2 atom stereocenters. The molecule has 2 aromatic rings. The van der Waals surface area contributed by atoms with E-state index in [4.69, 9.17) is 0 Å². The van der Waals surface area contributed by atoms with Crippen molar-refractivity contribution in [3.63, 3.8) is 0 Å². The molecule has 15 heteroatoms. The molecule has 0 saturated carbocycles. The minimum absolute atomic E-state index is 0.0624. The van der Waals surface area contributed by atoms with E-state index in [-0.39, 0.29) is 22.8 Å². The zero-order valence-electron chi connectivity index (χ0n) is 18.6. The fraction of sp³-hybridized carbons (Fsp3) is 0.650. The van der Waals surface area contributed by atoms with E-state index in [1.165, 1.54) is 0 Å². The Morgan fingerprint density at radius 2 is 1.86 bits per heavy atom. The SMILES string of the molecule is O=S(C1CCCNC1)N1CCC(Nc2ncc(C(F)(F)F)c(-c3cnn(CC(F)(F)F)c3)n2)CC1. The third-order valence-electron chi connectivity index (χ3n) is 5.92. The van der Waals surface area contributed by atoms with Crippen LogP contribution in [-0.2, 0) is 23.7 Å². The Kier molecular flexibility index (Phi) is 7.66. The number of nitrogens with one attached hydrogen (secondary N) is 2. The van der Waals surface area contributed by atoms with E-state index in [0.717, 1.165) is 31.8 Å². The first-order valence-electron chi connectivity index (χ1n) is 11.2. The Hall–Kier alpha value is -2.26. The van der Waals surface area contributed by atoms with Crippen LogP contribution in [0, 0.1) is 0 Å². The molecule has 0 radical (unpaired) electrons. The molecule has 0 bridgehead atoms. The highest BCUT2D eigenvalue weighted by Crippen LogP contribution is 2.36. The maximum atomic E-state index is 13.5. The first kappa shape index (κ1) is 25.8. The Balaban J connectivity index is 1.45. The van der Waals surface area contributed by atoms with Crippen molar-refractivity contribution in [2.24, 2.45) is 0 Å². The van der Waals surface area contributed by atoms with E-state index in [1.807, 2.05) is 4.31 Å². The zero-order valence-corrected chi connectivity index (χ0v) is 19.4. The second-order valence-corrected chi connectivity index (χ2v) is 10.3. The van der Waals surface area contributed by atoms with Crippen LogP contribution in [0.4, 0.5) is 32.3 Å². The van der Waals surface area contributed by atoms with Crippen LogP contribution in [0.15, 0.2) is 18.6 Å². The fourth-order valence-corrected chi connectivity index (χ4v) is 5.82. The van der Waals surface area contributed by atoms with Gasteiger partial charge in [-0.05, 0) is 32.2 Å². The molecule has 2 unspecified atom stereocenters. The smallest absolute Gasteiger partial charge is 0.351 e. The molecule has 0 spiro atoms. The highest BCUT2D eigenvalue weighted by Gasteiger charge is 2.37. The third kappa shape index (κ3) is 6.70. The van der Waals surface area contributed by atoms with Gasteiger partial charge in [0.15, 0.2) is 0 Å². The molecular weight excluding hydrogens is 500 g/mol. The van der Waals surface area contributed by atoms with Crippen molar-refractivity contribution in [1.29, 1.82) is 0 Å². The quantitative estimate of drug-likeness (QED) is 0.564. The lowest BCUT2D eigenvalue weighted by Gasteiger charge is -2.34. The lowest BCUT2D eigenvalue weighted by atomic mass is 10.1. The topological polar surface area (TPSA) is 88.0 Å². The van der Waals surface area contributed by atoms with Gasteiger partial charge in [0.1, 0.15) is 12.1 Å². The molecule has 2 aliphatic heterocycles. The Morgan fingerprint density at radius 3 is 2.49 bits per heavy atom. The van der Waals surface area contributed by atoms with Crippen LogP contribution in [0.3, 0.4) is 0 Å². The van der Waals surface area contributed by atoms with Crippen molar-refractivity contribution in [2.45, 2.75) is 55.9 Å². The minimum atomic E-state index is -4.80. The van der Waals surface area contributed by atoms with Gasteiger partial charge in [0, 0.05) is 43.6 Å². The van der Waals surface area contributed by atoms with Crippen molar-refractivity contribution in [2.75, 3.05) is 31.5 Å². The summed E-state index contributed by atoms with van der Waals surface area (Å²) in [6.07, 6.45) is -3.89. The first-order chi connectivity index (χ1) is 16.5. The van der Waals surface area contributed by atoms with Crippen LogP contribution >= 0.6 is 0 Å². The third-order valence-corrected chi connectivity index (χ3v) is 7.77. The highest BCUT2D eigenvalue weighted by atomic mass is 32.2. The van der Waals surface area contributed by atoms with Crippen molar-refractivity contribution < 1.29 is 30.6 Å². The van der Waals surface area contributed by atoms with E-state index < -0.39 is 41.1 Å². The van der Waals surface area contributed by atoms with E-state index in [9.17, 15) is 30.6 Å². The number of aromatic nitrogens is 4. The molecule has 2 fully saturated rings. The number of nitrogens with zero attached hydrogens (tertiary/aromatic N) is 5. The average Bonchev–Trinajstić information content (AvgIpc) is 3.25. The number of hydrogen-bond donors (Lipinski definition) is 2. The van der Waals surface area contributed by atoms with Gasteiger partial charge in [0.25, 0.3) is 0 Å². The van der Waals surface area contributed by atoms with Crippen LogP contribution in [0.1, 0.15) is 31.2 Å². The molecular formula is C20H25F6N7OS. The summed E-state index contributed by atoms with van der Waals surface area (Å²) in [5.41, 5.74) is -1.91. The van der Waals surface area contributed by atoms with Gasteiger partial charge in [0.2, 0.25) is 5.95 Å². The average molecular weight is 526 g/mol. The molecule has 8 nitrogen and oxygen atoms in total. The van der Waals surface area contributed by atoms with Crippen molar-refractivity contribution in [3.8, 4) is 11.3 Å². The standard InChI is InChI=1S/C20H25F6N7OS/c21-19(22,23)12-32-11-13(8-29-32)17-16(20(24,25)26)10-28-18(31-17)30-14-3-6-33(7-4-14)35(34)15-2-1-5-27-9-15/h8,10-11,14-15,27H,1-7,9,12H2,(H,28,30,31). The van der Waals surface area contributed by atoms with Gasteiger partial charge >= 0.3 is 12.4 Å². The largest absolute Gasteiger partial charge is 0.419 e. The lowest BCUT2D eigenvalue weighted by molar-refractivity contribution is -0.142. The molecule has 0 amide bonds. The van der Waals surface area contributed by atoms with Gasteiger partial charge in [-0.2, -0.15) is 31.4 Å². The highest BCUT2D eigenvalue weighted by molar-refractivity contribution is 7.83. The monoisotopic (exact) mass is 525 g/mol. The summed E-state index contributed by atoms with van der Waals surface area (Å²) in [4.78, 5) is 7.77. The number of hydrogen-bond acceptors (Lipinski definition) is 6. The van der Waals surface area contributed by atoms with E-state index in [2.05, 4.69) is 25.7 Å². The summed E-state index contributed by atoms with van der Waals surface area (Å²) in [6, 6.07) is -0.148. The van der Waals surface area contributed by atoms with Crippen molar-refractivity contribution in [3.05, 3.63) is 24.2 Å². The molecule has 2 aromatic heterocycles. The second-order valence-electron chi connectivity index (χ2n) is 8.59. The molecule has 194 valence electrons. The van der Waals surface area contributed by atoms with Crippen LogP contribution in [0.25, 0.3) is 11.3 Å². The molecule has 0 aliphatic carbocycles. The van der Waals surface area contributed by atoms with Gasteiger partial charge in [-0.25, -0.2) is 18.5 Å². The molecule has 4 rings (SSSR count).